The molecule has 0 saturated carbocycles. The summed E-state index contributed by atoms with van der Waals surface area (Å²) in [4.78, 5) is 0. The third-order valence-corrected chi connectivity index (χ3v) is 3.96. The summed E-state index contributed by atoms with van der Waals surface area (Å²) in [5, 5.41) is 3.93. The fraction of sp³-hybridized carbons (Fsp3) is 0.200. The van der Waals surface area contributed by atoms with Gasteiger partial charge in [0.2, 0.25) is 0 Å². The highest BCUT2D eigenvalue weighted by molar-refractivity contribution is 9.10. The molecule has 0 radical (unpaired) electrons. The largest absolute Gasteiger partial charge is 0.495 e. The van der Waals surface area contributed by atoms with Crippen LogP contribution < -0.4 is 10.1 Å². The van der Waals surface area contributed by atoms with Crippen LogP contribution in [0.25, 0.3) is 0 Å². The van der Waals surface area contributed by atoms with Gasteiger partial charge in [-0.25, -0.2) is 4.39 Å². The lowest BCUT2D eigenvalue weighted by Gasteiger charge is -2.13. The van der Waals surface area contributed by atoms with Gasteiger partial charge in [-0.2, -0.15) is 0 Å². The van der Waals surface area contributed by atoms with Crippen molar-refractivity contribution < 1.29 is 9.13 Å². The van der Waals surface area contributed by atoms with Crippen molar-refractivity contribution in [1.29, 1.82) is 0 Å². The molecule has 0 aromatic heterocycles. The van der Waals surface area contributed by atoms with Crippen molar-refractivity contribution in [3.63, 3.8) is 0 Å². The highest BCUT2D eigenvalue weighted by Gasteiger charge is 2.07. The maximum absolute atomic E-state index is 13.2. The molecule has 106 valence electrons. The second kappa shape index (κ2) is 6.46. The molecule has 0 spiro atoms. The summed E-state index contributed by atoms with van der Waals surface area (Å²) in [6, 6.07) is 8.63. The minimum atomic E-state index is -0.270. The van der Waals surface area contributed by atoms with Crippen LogP contribution in [0.5, 0.6) is 5.75 Å². The zero-order chi connectivity index (χ0) is 14.7. The fourth-order valence-corrected chi connectivity index (χ4v) is 2.40. The standard InChI is InChI=1S/C15H14BrClFNO/c1-9-5-14(15(20-2)7-12(9)17)19-8-10-3-4-13(18)11(16)6-10/h3-7,19H,8H2,1-2H3. The molecule has 0 aliphatic heterocycles. The molecule has 20 heavy (non-hydrogen) atoms. The molecule has 0 unspecified atom stereocenters. The molecule has 0 amide bonds. The number of anilines is 1. The van der Waals surface area contributed by atoms with Crippen molar-refractivity contribution in [2.24, 2.45) is 0 Å². The van der Waals surface area contributed by atoms with Gasteiger partial charge >= 0.3 is 0 Å². The van der Waals surface area contributed by atoms with Gasteiger partial charge in [0, 0.05) is 17.6 Å². The van der Waals surface area contributed by atoms with Crippen molar-refractivity contribution in [3.8, 4) is 5.75 Å². The first kappa shape index (κ1) is 15.1. The van der Waals surface area contributed by atoms with Crippen LogP contribution in [0.1, 0.15) is 11.1 Å². The summed E-state index contributed by atoms with van der Waals surface area (Å²) >= 11 is 9.24. The van der Waals surface area contributed by atoms with E-state index in [1.54, 1.807) is 25.3 Å². The first-order valence-electron chi connectivity index (χ1n) is 6.03. The molecule has 1 N–H and O–H groups in total. The maximum atomic E-state index is 13.2. The normalized spacial score (nSPS) is 10.4. The highest BCUT2D eigenvalue weighted by atomic mass is 79.9. The van der Waals surface area contributed by atoms with E-state index in [0.29, 0.717) is 21.8 Å². The molecule has 2 rings (SSSR count). The number of nitrogens with one attached hydrogen (secondary N) is 1. The molecule has 0 heterocycles. The minimum Gasteiger partial charge on any atom is -0.495 e. The lowest BCUT2D eigenvalue weighted by molar-refractivity contribution is 0.416. The monoisotopic (exact) mass is 357 g/mol. The summed E-state index contributed by atoms with van der Waals surface area (Å²) < 4.78 is 18.9. The Bertz CT molecular complexity index is 634. The third-order valence-electron chi connectivity index (χ3n) is 2.95. The first-order chi connectivity index (χ1) is 9.51. The third kappa shape index (κ3) is 3.44. The average molecular weight is 359 g/mol. The summed E-state index contributed by atoms with van der Waals surface area (Å²) in [7, 11) is 1.60. The fourth-order valence-electron chi connectivity index (χ4n) is 1.82. The Hall–Kier alpha value is -1.26. The number of methoxy groups -OCH3 is 1. The molecule has 0 saturated heterocycles. The van der Waals surface area contributed by atoms with Crippen LogP contribution >= 0.6 is 27.5 Å². The molecular formula is C15H14BrClFNO. The quantitative estimate of drug-likeness (QED) is 0.814. The van der Waals surface area contributed by atoms with Crippen LogP contribution in [0.15, 0.2) is 34.8 Å². The van der Waals surface area contributed by atoms with Gasteiger partial charge in [0.25, 0.3) is 0 Å². The summed E-state index contributed by atoms with van der Waals surface area (Å²) in [6.45, 7) is 2.50. The van der Waals surface area contributed by atoms with Crippen LogP contribution in [0.3, 0.4) is 0 Å². The van der Waals surface area contributed by atoms with Gasteiger partial charge in [0.1, 0.15) is 11.6 Å². The Morgan fingerprint density at radius 2 is 2.05 bits per heavy atom. The molecule has 0 bridgehead atoms. The Labute approximate surface area is 131 Å². The molecule has 2 nitrogen and oxygen atoms in total. The van der Waals surface area contributed by atoms with Gasteiger partial charge < -0.3 is 10.1 Å². The Balaban J connectivity index is 2.18. The van der Waals surface area contributed by atoms with E-state index in [1.807, 2.05) is 13.0 Å². The van der Waals surface area contributed by atoms with Gasteiger partial charge in [-0.3, -0.25) is 0 Å². The number of ether oxygens (including phenoxy) is 1. The first-order valence-corrected chi connectivity index (χ1v) is 7.20. The predicted molar refractivity (Wildman–Crippen MR) is 84.2 cm³/mol. The topological polar surface area (TPSA) is 21.3 Å². The zero-order valence-electron chi connectivity index (χ0n) is 11.1. The van der Waals surface area contributed by atoms with Crippen LogP contribution in [0, 0.1) is 12.7 Å². The second-order valence-electron chi connectivity index (χ2n) is 4.40. The number of hydrogen-bond donors (Lipinski definition) is 1. The summed E-state index contributed by atoms with van der Waals surface area (Å²) in [5.74, 6) is 0.412. The van der Waals surface area contributed by atoms with E-state index in [1.165, 1.54) is 6.07 Å². The van der Waals surface area contributed by atoms with Crippen LogP contribution in [-0.2, 0) is 6.54 Å². The summed E-state index contributed by atoms with van der Waals surface area (Å²) in [5.41, 5.74) is 2.79. The number of rotatable bonds is 4. The molecule has 0 aliphatic rings. The SMILES string of the molecule is COc1cc(Cl)c(C)cc1NCc1ccc(F)c(Br)c1. The van der Waals surface area contributed by atoms with E-state index in [2.05, 4.69) is 21.2 Å². The van der Waals surface area contributed by atoms with Gasteiger partial charge in [0.15, 0.2) is 0 Å². The average Bonchev–Trinajstić information content (AvgIpc) is 2.43. The molecule has 0 fully saturated rings. The highest BCUT2D eigenvalue weighted by Crippen LogP contribution is 2.31. The number of hydrogen-bond acceptors (Lipinski definition) is 2. The van der Waals surface area contributed by atoms with Gasteiger partial charge in [-0.05, 0) is 52.2 Å². The van der Waals surface area contributed by atoms with E-state index >= 15 is 0 Å². The van der Waals surface area contributed by atoms with Crippen molar-refractivity contribution >= 4 is 33.2 Å². The lowest BCUT2D eigenvalue weighted by atomic mass is 10.2. The molecule has 2 aromatic carbocycles. The lowest BCUT2D eigenvalue weighted by Crippen LogP contribution is -2.02. The predicted octanol–water partition coefficient (Wildman–Crippen LogP) is 5.17. The van der Waals surface area contributed by atoms with Gasteiger partial charge in [-0.1, -0.05) is 17.7 Å². The molecule has 5 heteroatoms. The maximum Gasteiger partial charge on any atom is 0.143 e. The summed E-state index contributed by atoms with van der Waals surface area (Å²) in [6.07, 6.45) is 0. The molecule has 2 aromatic rings. The van der Waals surface area contributed by atoms with E-state index in [-0.39, 0.29) is 5.82 Å². The molecule has 0 aliphatic carbocycles. The Morgan fingerprint density at radius 1 is 1.30 bits per heavy atom. The van der Waals surface area contributed by atoms with Crippen LogP contribution in [0.2, 0.25) is 5.02 Å². The second-order valence-corrected chi connectivity index (χ2v) is 5.67. The van der Waals surface area contributed by atoms with Crippen molar-refractivity contribution in [2.45, 2.75) is 13.5 Å². The Morgan fingerprint density at radius 3 is 2.70 bits per heavy atom. The van der Waals surface area contributed by atoms with Crippen molar-refractivity contribution in [1.82, 2.24) is 0 Å². The number of aryl methyl sites for hydroxylation is 1. The van der Waals surface area contributed by atoms with E-state index in [4.69, 9.17) is 16.3 Å². The van der Waals surface area contributed by atoms with Crippen molar-refractivity contribution in [3.05, 3.63) is 56.8 Å². The van der Waals surface area contributed by atoms with Gasteiger partial charge in [0.05, 0.1) is 17.3 Å². The van der Waals surface area contributed by atoms with E-state index in [0.717, 1.165) is 16.8 Å². The minimum absolute atomic E-state index is 0.270. The Kier molecular flexibility index (Phi) is 4.89. The van der Waals surface area contributed by atoms with Crippen LogP contribution in [0.4, 0.5) is 10.1 Å². The van der Waals surface area contributed by atoms with E-state index in [9.17, 15) is 4.39 Å². The number of benzene rings is 2. The van der Waals surface area contributed by atoms with Crippen LogP contribution in [-0.4, -0.2) is 7.11 Å². The smallest absolute Gasteiger partial charge is 0.143 e. The molecule has 0 atom stereocenters. The van der Waals surface area contributed by atoms with Gasteiger partial charge in [-0.15, -0.1) is 0 Å². The number of halogens is 3. The van der Waals surface area contributed by atoms with Crippen molar-refractivity contribution in [2.75, 3.05) is 12.4 Å². The molecular weight excluding hydrogens is 345 g/mol. The zero-order valence-corrected chi connectivity index (χ0v) is 13.5. The van der Waals surface area contributed by atoms with E-state index < -0.39 is 0 Å².